The molecule has 0 aliphatic rings. The third kappa shape index (κ3) is 3.98. The summed E-state index contributed by atoms with van der Waals surface area (Å²) in [6.45, 7) is 6.35. The fourth-order valence-electron chi connectivity index (χ4n) is 1.23. The molecule has 0 spiro atoms. The number of hydrogen-bond acceptors (Lipinski definition) is 5. The second-order valence-corrected chi connectivity index (χ2v) is 5.54. The van der Waals surface area contributed by atoms with E-state index in [-0.39, 0.29) is 12.5 Å². The predicted molar refractivity (Wildman–Crippen MR) is 67.6 cm³/mol. The summed E-state index contributed by atoms with van der Waals surface area (Å²) in [5.74, 6) is 1.56. The number of aromatic nitrogens is 2. The molecule has 4 nitrogen and oxygen atoms in total. The van der Waals surface area contributed by atoms with Crippen molar-refractivity contribution in [2.45, 2.75) is 43.4 Å². The zero-order valence-electron chi connectivity index (χ0n) is 9.97. The Kier molecular flexibility index (Phi) is 5.02. The summed E-state index contributed by atoms with van der Waals surface area (Å²) in [5, 5.41) is 10.1. The molecule has 0 aromatic carbocycles. The number of nitrogen functional groups attached to an aromatic ring is 1. The molecule has 5 heteroatoms. The molecular formula is C11H19N3OS. The summed E-state index contributed by atoms with van der Waals surface area (Å²) < 4.78 is 0. The van der Waals surface area contributed by atoms with Crippen molar-refractivity contribution in [1.82, 2.24) is 9.97 Å². The van der Waals surface area contributed by atoms with E-state index in [1.54, 1.807) is 17.8 Å². The van der Waals surface area contributed by atoms with Gasteiger partial charge in [-0.05, 0) is 6.42 Å². The monoisotopic (exact) mass is 241 g/mol. The zero-order chi connectivity index (χ0) is 12.1. The van der Waals surface area contributed by atoms with E-state index >= 15 is 0 Å². The minimum absolute atomic E-state index is 0.200. The molecule has 0 amide bonds. The second kappa shape index (κ2) is 6.06. The normalized spacial score (nSPS) is 13.1. The van der Waals surface area contributed by atoms with Gasteiger partial charge in [0.25, 0.3) is 0 Å². The van der Waals surface area contributed by atoms with Gasteiger partial charge >= 0.3 is 0 Å². The summed E-state index contributed by atoms with van der Waals surface area (Å²) in [4.78, 5) is 8.64. The number of nitrogens with two attached hydrogens (primary N) is 1. The molecule has 1 heterocycles. The maximum absolute atomic E-state index is 8.84. The van der Waals surface area contributed by atoms with E-state index in [2.05, 4.69) is 16.9 Å². The Labute approximate surface area is 101 Å². The highest BCUT2D eigenvalue weighted by molar-refractivity contribution is 7.99. The Hall–Kier alpha value is -0.810. The van der Waals surface area contributed by atoms with Gasteiger partial charge in [0.15, 0.2) is 0 Å². The minimum Gasteiger partial charge on any atom is -0.396 e. The first kappa shape index (κ1) is 13.3. The predicted octanol–water partition coefficient (Wildman–Crippen LogP) is 2.05. The molecule has 90 valence electrons. The standard InChI is InChI=1S/C11H19N3OS/c1-7(2)11-13-9(12)6-10(14-11)16-8(3)4-5-15/h6-8,15H,4-5H2,1-3H3,(H2,12,13,14). The topological polar surface area (TPSA) is 72.0 Å². The maximum atomic E-state index is 8.84. The average Bonchev–Trinajstić information content (AvgIpc) is 2.16. The van der Waals surface area contributed by atoms with Gasteiger partial charge in [0, 0.05) is 23.8 Å². The summed E-state index contributed by atoms with van der Waals surface area (Å²) in [5.41, 5.74) is 5.73. The smallest absolute Gasteiger partial charge is 0.134 e. The molecule has 1 aromatic heterocycles. The van der Waals surface area contributed by atoms with Gasteiger partial charge in [-0.1, -0.05) is 20.8 Å². The summed E-state index contributed by atoms with van der Waals surface area (Å²) in [6, 6.07) is 1.78. The zero-order valence-corrected chi connectivity index (χ0v) is 10.8. The summed E-state index contributed by atoms with van der Waals surface area (Å²) >= 11 is 1.62. The highest BCUT2D eigenvalue weighted by Gasteiger charge is 2.10. The van der Waals surface area contributed by atoms with Crippen molar-refractivity contribution in [2.24, 2.45) is 0 Å². The Morgan fingerprint density at radius 2 is 2.06 bits per heavy atom. The van der Waals surface area contributed by atoms with Crippen LogP contribution < -0.4 is 5.73 Å². The third-order valence-corrected chi connectivity index (χ3v) is 3.20. The van der Waals surface area contributed by atoms with Crippen LogP contribution in [0.15, 0.2) is 11.1 Å². The van der Waals surface area contributed by atoms with E-state index in [1.165, 1.54) is 0 Å². The van der Waals surface area contributed by atoms with Crippen LogP contribution in [0.25, 0.3) is 0 Å². The van der Waals surface area contributed by atoms with Crippen molar-refractivity contribution in [1.29, 1.82) is 0 Å². The Morgan fingerprint density at radius 3 is 2.62 bits per heavy atom. The maximum Gasteiger partial charge on any atom is 0.134 e. The lowest BCUT2D eigenvalue weighted by Crippen LogP contribution is -2.05. The highest BCUT2D eigenvalue weighted by Crippen LogP contribution is 2.25. The Balaban J connectivity index is 2.80. The molecule has 0 aliphatic carbocycles. The molecule has 1 atom stereocenters. The Bertz CT molecular complexity index is 344. The number of thioether (sulfide) groups is 1. The fraction of sp³-hybridized carbons (Fsp3) is 0.636. The molecule has 0 radical (unpaired) electrons. The van der Waals surface area contributed by atoms with Crippen LogP contribution in [0.2, 0.25) is 0 Å². The average molecular weight is 241 g/mol. The molecule has 1 unspecified atom stereocenters. The van der Waals surface area contributed by atoms with Crippen molar-refractivity contribution >= 4 is 17.6 Å². The number of anilines is 1. The molecule has 0 bridgehead atoms. The van der Waals surface area contributed by atoms with Crippen molar-refractivity contribution in [3.05, 3.63) is 11.9 Å². The van der Waals surface area contributed by atoms with Gasteiger partial charge in [-0.3, -0.25) is 0 Å². The van der Waals surface area contributed by atoms with Gasteiger partial charge in [0.1, 0.15) is 16.7 Å². The van der Waals surface area contributed by atoms with Gasteiger partial charge in [-0.15, -0.1) is 11.8 Å². The molecule has 16 heavy (non-hydrogen) atoms. The van der Waals surface area contributed by atoms with Crippen molar-refractivity contribution in [3.63, 3.8) is 0 Å². The number of hydrogen-bond donors (Lipinski definition) is 2. The van der Waals surface area contributed by atoms with Crippen molar-refractivity contribution < 1.29 is 5.11 Å². The van der Waals surface area contributed by atoms with Crippen LogP contribution in [-0.2, 0) is 0 Å². The van der Waals surface area contributed by atoms with E-state index in [4.69, 9.17) is 10.8 Å². The number of aliphatic hydroxyl groups is 1. The number of nitrogens with zero attached hydrogens (tertiary/aromatic N) is 2. The number of aliphatic hydroxyl groups excluding tert-OH is 1. The van der Waals surface area contributed by atoms with Crippen LogP contribution in [0.5, 0.6) is 0 Å². The molecule has 0 fully saturated rings. The van der Waals surface area contributed by atoms with Crippen LogP contribution >= 0.6 is 11.8 Å². The quantitative estimate of drug-likeness (QED) is 0.609. The van der Waals surface area contributed by atoms with Crippen LogP contribution in [0.3, 0.4) is 0 Å². The SMILES string of the molecule is CC(CCO)Sc1cc(N)nc(C(C)C)n1. The highest BCUT2D eigenvalue weighted by atomic mass is 32.2. The van der Waals surface area contributed by atoms with E-state index in [0.29, 0.717) is 11.1 Å². The Morgan fingerprint density at radius 1 is 1.38 bits per heavy atom. The first-order valence-corrected chi connectivity index (χ1v) is 6.33. The summed E-state index contributed by atoms with van der Waals surface area (Å²) in [6.07, 6.45) is 0.756. The van der Waals surface area contributed by atoms with Gasteiger partial charge < -0.3 is 10.8 Å². The third-order valence-electron chi connectivity index (χ3n) is 2.11. The van der Waals surface area contributed by atoms with E-state index in [0.717, 1.165) is 17.3 Å². The van der Waals surface area contributed by atoms with E-state index in [9.17, 15) is 0 Å². The van der Waals surface area contributed by atoms with Crippen molar-refractivity contribution in [2.75, 3.05) is 12.3 Å². The van der Waals surface area contributed by atoms with E-state index in [1.807, 2.05) is 13.8 Å². The number of rotatable bonds is 5. The fourth-order valence-corrected chi connectivity index (χ4v) is 2.20. The molecular weight excluding hydrogens is 222 g/mol. The van der Waals surface area contributed by atoms with Gasteiger partial charge in [0.05, 0.1) is 0 Å². The van der Waals surface area contributed by atoms with Crippen LogP contribution in [0.4, 0.5) is 5.82 Å². The molecule has 1 rings (SSSR count). The van der Waals surface area contributed by atoms with Crippen LogP contribution in [0.1, 0.15) is 38.9 Å². The van der Waals surface area contributed by atoms with Crippen LogP contribution in [-0.4, -0.2) is 26.9 Å². The van der Waals surface area contributed by atoms with Gasteiger partial charge in [0.2, 0.25) is 0 Å². The molecule has 0 saturated carbocycles. The summed E-state index contributed by atoms with van der Waals surface area (Å²) in [7, 11) is 0. The second-order valence-electron chi connectivity index (χ2n) is 4.08. The van der Waals surface area contributed by atoms with Gasteiger partial charge in [-0.25, -0.2) is 9.97 Å². The van der Waals surface area contributed by atoms with E-state index < -0.39 is 0 Å². The lowest BCUT2D eigenvalue weighted by molar-refractivity contribution is 0.289. The van der Waals surface area contributed by atoms with Crippen molar-refractivity contribution in [3.8, 4) is 0 Å². The molecule has 0 aliphatic heterocycles. The lowest BCUT2D eigenvalue weighted by atomic mass is 10.2. The molecule has 0 saturated heterocycles. The van der Waals surface area contributed by atoms with Crippen LogP contribution in [0, 0.1) is 0 Å². The first-order valence-electron chi connectivity index (χ1n) is 5.45. The largest absolute Gasteiger partial charge is 0.396 e. The van der Waals surface area contributed by atoms with Gasteiger partial charge in [-0.2, -0.15) is 0 Å². The molecule has 1 aromatic rings. The first-order chi connectivity index (χ1) is 7.52. The minimum atomic E-state index is 0.200. The lowest BCUT2D eigenvalue weighted by Gasteiger charge is -2.11. The molecule has 3 N–H and O–H groups in total.